The Hall–Kier alpha value is -0.190. The normalized spacial score (nSPS) is 10.1. The number of likely N-dealkylation sites (N-methyl/N-ethyl adjacent to an activating group) is 1. The lowest BCUT2D eigenvalue weighted by Gasteiger charge is -2.12. The Morgan fingerprint density at radius 2 is 2.33 bits per heavy atom. The maximum atomic E-state index is 8.60. The van der Waals surface area contributed by atoms with Gasteiger partial charge in [0.2, 0.25) is 0 Å². The van der Waals surface area contributed by atoms with E-state index in [0.29, 0.717) is 13.1 Å². The lowest BCUT2D eigenvalue weighted by molar-refractivity contribution is 0.369. The quantitative estimate of drug-likeness (QED) is 0.540. The van der Waals surface area contributed by atoms with Gasteiger partial charge in [-0.25, -0.2) is 0 Å². The van der Waals surface area contributed by atoms with Crippen molar-refractivity contribution >= 4 is 17.3 Å². The van der Waals surface area contributed by atoms with Gasteiger partial charge in [-0.15, -0.1) is 0 Å². The van der Waals surface area contributed by atoms with Gasteiger partial charge in [0.25, 0.3) is 0 Å². The van der Waals surface area contributed by atoms with E-state index < -0.39 is 0 Å². The molecule has 0 aliphatic heterocycles. The molecule has 0 amide bonds. The van der Waals surface area contributed by atoms with Crippen LogP contribution < -0.4 is 5.73 Å². The Morgan fingerprint density at radius 1 is 1.78 bits per heavy atom. The second kappa shape index (κ2) is 4.67. The van der Waals surface area contributed by atoms with Gasteiger partial charge >= 0.3 is 0 Å². The molecule has 0 unspecified atom stereocenters. The number of thiocarbonyl (C=S) groups is 1. The summed E-state index contributed by atoms with van der Waals surface area (Å²) >= 11 is 4.46. The first-order valence-corrected chi connectivity index (χ1v) is 3.18. The second-order valence-corrected chi connectivity index (χ2v) is 2.39. The molecule has 4 heteroatoms. The zero-order valence-corrected chi connectivity index (χ0v) is 6.32. The van der Waals surface area contributed by atoms with E-state index in [-0.39, 0.29) is 5.05 Å². The first-order chi connectivity index (χ1) is 4.16. The van der Waals surface area contributed by atoms with Crippen LogP contribution in [0.1, 0.15) is 0 Å². The first-order valence-electron chi connectivity index (χ1n) is 2.77. The molecule has 3 nitrogen and oxygen atoms in total. The number of nitrogens with two attached hydrogens (primary N) is 1. The highest BCUT2D eigenvalue weighted by molar-refractivity contribution is 7.80. The van der Waals surface area contributed by atoms with Gasteiger partial charge < -0.3 is 10.8 Å². The van der Waals surface area contributed by atoms with Gasteiger partial charge in [-0.2, -0.15) is 0 Å². The third-order valence-electron chi connectivity index (χ3n) is 0.916. The van der Waals surface area contributed by atoms with Crippen molar-refractivity contribution in [1.29, 1.82) is 0 Å². The summed E-state index contributed by atoms with van der Waals surface area (Å²) in [6.07, 6.45) is 0. The summed E-state index contributed by atoms with van der Waals surface area (Å²) in [6, 6.07) is 0. The molecule has 0 aromatic carbocycles. The fraction of sp³-hybridized carbons (Fsp3) is 0.800. The molecule has 0 aliphatic carbocycles. The first kappa shape index (κ1) is 8.81. The van der Waals surface area contributed by atoms with E-state index in [1.807, 2.05) is 11.9 Å². The van der Waals surface area contributed by atoms with Crippen LogP contribution in [-0.2, 0) is 0 Å². The fourth-order valence-electron chi connectivity index (χ4n) is 0.530. The number of rotatable bonds is 4. The molecule has 0 saturated carbocycles. The number of aliphatic hydroxyl groups excluding tert-OH is 1. The minimum absolute atomic E-state index is 0.0194. The van der Waals surface area contributed by atoms with Crippen LogP contribution in [0.5, 0.6) is 0 Å². The summed E-state index contributed by atoms with van der Waals surface area (Å²) in [5, 5.41) is 8.62. The molecule has 0 saturated heterocycles. The van der Waals surface area contributed by atoms with Crippen molar-refractivity contribution in [3.63, 3.8) is 0 Å². The molecule has 0 radical (unpaired) electrons. The molecule has 0 atom stereocenters. The van der Waals surface area contributed by atoms with Crippen molar-refractivity contribution < 1.29 is 5.11 Å². The van der Waals surface area contributed by atoms with Gasteiger partial charge in [0, 0.05) is 13.1 Å². The SMILES string of the molecule is CN(CCN)CC(O)=S. The number of aliphatic hydroxyl groups is 1. The summed E-state index contributed by atoms with van der Waals surface area (Å²) in [5.74, 6) is 0. The van der Waals surface area contributed by atoms with Crippen LogP contribution in [0.2, 0.25) is 0 Å². The third-order valence-corrected chi connectivity index (χ3v) is 1.05. The molecular weight excluding hydrogens is 136 g/mol. The van der Waals surface area contributed by atoms with Crippen LogP contribution in [0.15, 0.2) is 0 Å². The molecule has 0 aromatic heterocycles. The molecule has 0 aliphatic rings. The van der Waals surface area contributed by atoms with Crippen LogP contribution in [-0.4, -0.2) is 41.7 Å². The van der Waals surface area contributed by atoms with E-state index in [0.717, 1.165) is 6.54 Å². The average Bonchev–Trinajstić information content (AvgIpc) is 1.63. The summed E-state index contributed by atoms with van der Waals surface area (Å²) in [7, 11) is 1.86. The largest absolute Gasteiger partial charge is 0.501 e. The standard InChI is InChI=1S/C5H12N2OS/c1-7(3-2-6)4-5(8)9/h2-4,6H2,1H3,(H,8,9). The molecule has 54 valence electrons. The topological polar surface area (TPSA) is 49.5 Å². The van der Waals surface area contributed by atoms with Crippen molar-refractivity contribution in [2.24, 2.45) is 5.73 Å². The summed E-state index contributed by atoms with van der Waals surface area (Å²) < 4.78 is 0. The molecule has 0 bridgehead atoms. The Kier molecular flexibility index (Phi) is 4.57. The lowest BCUT2D eigenvalue weighted by atomic mass is 10.5. The second-order valence-electron chi connectivity index (χ2n) is 1.92. The van der Waals surface area contributed by atoms with E-state index in [1.165, 1.54) is 0 Å². The highest BCUT2D eigenvalue weighted by atomic mass is 32.1. The molecule has 0 heterocycles. The predicted octanol–water partition coefficient (Wildman–Crippen LogP) is -0.238. The van der Waals surface area contributed by atoms with Crippen molar-refractivity contribution in [3.05, 3.63) is 0 Å². The Balaban J connectivity index is 3.26. The van der Waals surface area contributed by atoms with Crippen molar-refractivity contribution in [1.82, 2.24) is 4.90 Å². The Bertz CT molecular complexity index is 97.0. The third kappa shape index (κ3) is 5.68. The summed E-state index contributed by atoms with van der Waals surface area (Å²) in [6.45, 7) is 1.80. The minimum Gasteiger partial charge on any atom is -0.501 e. The van der Waals surface area contributed by atoms with Gasteiger partial charge in [0.1, 0.15) is 0 Å². The van der Waals surface area contributed by atoms with Gasteiger partial charge in [0.15, 0.2) is 5.05 Å². The predicted molar refractivity (Wildman–Crippen MR) is 41.8 cm³/mol. The molecule has 0 spiro atoms. The van der Waals surface area contributed by atoms with Crippen molar-refractivity contribution in [2.75, 3.05) is 26.7 Å². The number of hydrogen-bond acceptors (Lipinski definition) is 3. The van der Waals surface area contributed by atoms with E-state index in [4.69, 9.17) is 10.8 Å². The van der Waals surface area contributed by atoms with Gasteiger partial charge in [-0.3, -0.25) is 4.90 Å². The van der Waals surface area contributed by atoms with E-state index in [1.54, 1.807) is 0 Å². The molecule has 3 N–H and O–H groups in total. The smallest absolute Gasteiger partial charge is 0.170 e. The fourth-order valence-corrected chi connectivity index (χ4v) is 0.751. The van der Waals surface area contributed by atoms with Crippen LogP contribution in [0, 0.1) is 0 Å². The number of hydrogen-bond donors (Lipinski definition) is 2. The van der Waals surface area contributed by atoms with Gasteiger partial charge in [0.05, 0.1) is 6.54 Å². The molecule has 0 rings (SSSR count). The van der Waals surface area contributed by atoms with Crippen LogP contribution in [0.4, 0.5) is 0 Å². The minimum atomic E-state index is 0.0194. The van der Waals surface area contributed by atoms with Crippen molar-refractivity contribution in [3.8, 4) is 0 Å². The van der Waals surface area contributed by atoms with Crippen LogP contribution >= 0.6 is 12.2 Å². The van der Waals surface area contributed by atoms with Gasteiger partial charge in [-0.1, -0.05) is 0 Å². The lowest BCUT2D eigenvalue weighted by Crippen LogP contribution is -2.29. The molecule has 9 heavy (non-hydrogen) atoms. The highest BCUT2D eigenvalue weighted by Crippen LogP contribution is 1.80. The van der Waals surface area contributed by atoms with Crippen LogP contribution in [0.3, 0.4) is 0 Å². The van der Waals surface area contributed by atoms with E-state index in [2.05, 4.69) is 12.2 Å². The zero-order valence-electron chi connectivity index (χ0n) is 5.50. The monoisotopic (exact) mass is 148 g/mol. The Labute approximate surface area is 60.5 Å². The maximum absolute atomic E-state index is 8.60. The van der Waals surface area contributed by atoms with Gasteiger partial charge in [-0.05, 0) is 19.3 Å². The summed E-state index contributed by atoms with van der Waals surface area (Å²) in [5.41, 5.74) is 5.24. The highest BCUT2D eigenvalue weighted by Gasteiger charge is 1.97. The molecule has 0 aromatic rings. The zero-order chi connectivity index (χ0) is 7.28. The van der Waals surface area contributed by atoms with Crippen molar-refractivity contribution in [2.45, 2.75) is 0 Å². The molecular formula is C5H12N2OS. The van der Waals surface area contributed by atoms with E-state index >= 15 is 0 Å². The number of nitrogens with zero attached hydrogens (tertiary/aromatic N) is 1. The molecule has 0 fully saturated rings. The Morgan fingerprint density at radius 3 is 2.67 bits per heavy atom. The van der Waals surface area contributed by atoms with Crippen LogP contribution in [0.25, 0.3) is 0 Å². The maximum Gasteiger partial charge on any atom is 0.170 e. The summed E-state index contributed by atoms with van der Waals surface area (Å²) in [4.78, 5) is 1.86. The average molecular weight is 148 g/mol. The van der Waals surface area contributed by atoms with E-state index in [9.17, 15) is 0 Å².